The summed E-state index contributed by atoms with van der Waals surface area (Å²) in [4.78, 5) is 26.7. The highest BCUT2D eigenvalue weighted by molar-refractivity contribution is 7.09. The molecule has 0 aromatic carbocycles. The van der Waals surface area contributed by atoms with Gasteiger partial charge in [-0.15, -0.1) is 11.3 Å². The Kier molecular flexibility index (Phi) is 4.73. The number of thiazole rings is 1. The van der Waals surface area contributed by atoms with E-state index >= 15 is 0 Å². The number of carboxylic acid groups (broad SMARTS) is 1. The van der Waals surface area contributed by atoms with E-state index in [-0.39, 0.29) is 12.1 Å². The molecule has 1 aromatic heterocycles. The molecule has 0 saturated heterocycles. The number of carbonyl (C=O) groups excluding carboxylic acids is 1. The van der Waals surface area contributed by atoms with Crippen LogP contribution in [0, 0.1) is 12.8 Å². The highest BCUT2D eigenvalue weighted by Crippen LogP contribution is 2.17. The van der Waals surface area contributed by atoms with Crippen molar-refractivity contribution in [1.82, 2.24) is 15.6 Å². The van der Waals surface area contributed by atoms with Crippen LogP contribution in [0.15, 0.2) is 17.5 Å². The zero-order chi connectivity index (χ0) is 14.5. The summed E-state index contributed by atoms with van der Waals surface area (Å²) < 4.78 is 0. The van der Waals surface area contributed by atoms with E-state index in [1.54, 1.807) is 23.5 Å². The van der Waals surface area contributed by atoms with Crippen molar-refractivity contribution in [2.24, 2.45) is 5.92 Å². The van der Waals surface area contributed by atoms with Gasteiger partial charge in [0.1, 0.15) is 0 Å². The van der Waals surface area contributed by atoms with Crippen molar-refractivity contribution in [3.63, 3.8) is 0 Å². The number of rotatable bonds is 5. The van der Waals surface area contributed by atoms with Crippen molar-refractivity contribution in [3.8, 4) is 0 Å². The van der Waals surface area contributed by atoms with Crippen LogP contribution in [-0.4, -0.2) is 34.7 Å². The molecule has 2 rings (SSSR count). The first-order valence-corrected chi connectivity index (χ1v) is 7.29. The first kappa shape index (κ1) is 14.5. The van der Waals surface area contributed by atoms with Crippen molar-refractivity contribution < 1.29 is 14.7 Å². The molecule has 2 atom stereocenters. The van der Waals surface area contributed by atoms with E-state index in [0.717, 1.165) is 10.7 Å². The van der Waals surface area contributed by atoms with Gasteiger partial charge in [0.15, 0.2) is 0 Å². The van der Waals surface area contributed by atoms with Crippen molar-refractivity contribution in [2.45, 2.75) is 25.8 Å². The number of carbonyl (C=O) groups is 2. The molecule has 108 valence electrons. The highest BCUT2D eigenvalue weighted by Gasteiger charge is 2.25. The maximum absolute atomic E-state index is 11.6. The molecule has 0 radical (unpaired) electrons. The molecule has 0 fully saturated rings. The predicted molar refractivity (Wildman–Crippen MR) is 75.8 cm³/mol. The van der Waals surface area contributed by atoms with Crippen molar-refractivity contribution in [1.29, 1.82) is 0 Å². The van der Waals surface area contributed by atoms with Crippen LogP contribution in [0.5, 0.6) is 0 Å². The van der Waals surface area contributed by atoms with Gasteiger partial charge in [0.05, 0.1) is 22.7 Å². The van der Waals surface area contributed by atoms with E-state index < -0.39 is 11.9 Å². The Morgan fingerprint density at radius 3 is 2.90 bits per heavy atom. The number of carboxylic acids is 1. The molecule has 3 N–H and O–H groups in total. The number of hydrogen-bond acceptors (Lipinski definition) is 4. The lowest BCUT2D eigenvalue weighted by molar-refractivity contribution is -0.140. The van der Waals surface area contributed by atoms with Gasteiger partial charge in [-0.05, 0) is 13.3 Å². The monoisotopic (exact) mass is 295 g/mol. The van der Waals surface area contributed by atoms with Crippen LogP contribution in [0.1, 0.15) is 17.1 Å². The van der Waals surface area contributed by atoms with Gasteiger partial charge in [-0.3, -0.25) is 4.79 Å². The number of aromatic nitrogens is 1. The molecule has 1 aliphatic rings. The van der Waals surface area contributed by atoms with Gasteiger partial charge in [0.25, 0.3) is 0 Å². The second-order valence-electron chi connectivity index (χ2n) is 4.68. The quantitative estimate of drug-likeness (QED) is 0.715. The summed E-state index contributed by atoms with van der Waals surface area (Å²) in [5.41, 5.74) is 0.972. The zero-order valence-corrected chi connectivity index (χ0v) is 11.9. The number of nitrogens with zero attached hydrogens (tertiary/aromatic N) is 1. The Morgan fingerprint density at radius 2 is 2.30 bits per heavy atom. The van der Waals surface area contributed by atoms with Gasteiger partial charge in [0, 0.05) is 18.3 Å². The van der Waals surface area contributed by atoms with Crippen LogP contribution in [0.3, 0.4) is 0 Å². The summed E-state index contributed by atoms with van der Waals surface area (Å²) in [5.74, 6) is -1.36. The largest absolute Gasteiger partial charge is 0.481 e. The summed E-state index contributed by atoms with van der Waals surface area (Å²) in [6.45, 7) is 2.45. The third-order valence-corrected chi connectivity index (χ3v) is 3.87. The van der Waals surface area contributed by atoms with Crippen molar-refractivity contribution in [2.75, 3.05) is 6.54 Å². The lowest BCUT2D eigenvalue weighted by Crippen LogP contribution is -2.41. The second kappa shape index (κ2) is 6.51. The Balaban J connectivity index is 1.66. The molecule has 7 heteroatoms. The number of nitrogens with one attached hydrogen (secondary N) is 2. The van der Waals surface area contributed by atoms with Gasteiger partial charge in [0.2, 0.25) is 0 Å². The first-order chi connectivity index (χ1) is 9.54. The van der Waals surface area contributed by atoms with E-state index in [2.05, 4.69) is 15.6 Å². The molecule has 1 heterocycles. The second-order valence-corrected chi connectivity index (χ2v) is 5.74. The maximum Gasteiger partial charge on any atom is 0.315 e. The molecule has 0 aliphatic heterocycles. The van der Waals surface area contributed by atoms with Gasteiger partial charge < -0.3 is 15.7 Å². The number of urea groups is 1. The number of aryl methyl sites for hydroxylation is 1. The predicted octanol–water partition coefficient (Wildman–Crippen LogP) is 1.32. The summed E-state index contributed by atoms with van der Waals surface area (Å²) >= 11 is 1.59. The fourth-order valence-electron chi connectivity index (χ4n) is 2.04. The SMILES string of the molecule is Cc1nc(CCNC(=O)NC2C=CC(C(=O)O)C2)cs1. The summed E-state index contributed by atoms with van der Waals surface area (Å²) in [6, 6.07) is -0.491. The minimum atomic E-state index is -0.857. The third-order valence-electron chi connectivity index (χ3n) is 3.05. The Labute approximate surface area is 120 Å². The Bertz CT molecular complexity index is 527. The molecule has 1 aliphatic carbocycles. The minimum Gasteiger partial charge on any atom is -0.481 e. The van der Waals surface area contributed by atoms with Crippen molar-refractivity contribution >= 4 is 23.3 Å². The van der Waals surface area contributed by atoms with E-state index in [1.807, 2.05) is 12.3 Å². The van der Waals surface area contributed by atoms with Gasteiger partial charge in [-0.25, -0.2) is 9.78 Å². The first-order valence-electron chi connectivity index (χ1n) is 6.41. The molecular weight excluding hydrogens is 278 g/mol. The van der Waals surface area contributed by atoms with E-state index in [0.29, 0.717) is 19.4 Å². The topological polar surface area (TPSA) is 91.3 Å². The molecule has 0 saturated carbocycles. The highest BCUT2D eigenvalue weighted by atomic mass is 32.1. The molecular formula is C13H17N3O3S. The molecule has 2 amide bonds. The average molecular weight is 295 g/mol. The van der Waals surface area contributed by atoms with E-state index in [9.17, 15) is 9.59 Å². The molecule has 1 aromatic rings. The van der Waals surface area contributed by atoms with Gasteiger partial charge in [-0.1, -0.05) is 12.2 Å². The van der Waals surface area contributed by atoms with Crippen LogP contribution in [0.4, 0.5) is 4.79 Å². The van der Waals surface area contributed by atoms with Crippen LogP contribution in [0.25, 0.3) is 0 Å². The van der Waals surface area contributed by atoms with Crippen LogP contribution in [-0.2, 0) is 11.2 Å². The van der Waals surface area contributed by atoms with Gasteiger partial charge in [-0.2, -0.15) is 0 Å². The minimum absolute atomic E-state index is 0.211. The molecule has 0 spiro atoms. The van der Waals surface area contributed by atoms with Crippen LogP contribution >= 0.6 is 11.3 Å². The van der Waals surface area contributed by atoms with E-state index in [4.69, 9.17) is 5.11 Å². The fraction of sp³-hybridized carbons (Fsp3) is 0.462. The normalized spacial score (nSPS) is 20.9. The summed E-state index contributed by atoms with van der Waals surface area (Å²) in [5, 5.41) is 17.3. The fourth-order valence-corrected chi connectivity index (χ4v) is 2.68. The maximum atomic E-state index is 11.6. The standard InChI is InChI=1S/C13H17N3O3S/c1-8-15-11(7-20-8)4-5-14-13(19)16-10-3-2-9(6-10)12(17)18/h2-3,7,9-10H,4-6H2,1H3,(H,17,18)(H2,14,16,19). The molecule has 20 heavy (non-hydrogen) atoms. The number of amides is 2. The Morgan fingerprint density at radius 1 is 1.50 bits per heavy atom. The third kappa shape index (κ3) is 4.06. The molecule has 6 nitrogen and oxygen atoms in total. The van der Waals surface area contributed by atoms with E-state index in [1.165, 1.54) is 0 Å². The smallest absolute Gasteiger partial charge is 0.315 e. The number of aliphatic carboxylic acids is 1. The summed E-state index contributed by atoms with van der Waals surface area (Å²) in [7, 11) is 0. The molecule has 0 bridgehead atoms. The van der Waals surface area contributed by atoms with Crippen LogP contribution < -0.4 is 10.6 Å². The zero-order valence-electron chi connectivity index (χ0n) is 11.1. The summed E-state index contributed by atoms with van der Waals surface area (Å²) in [6.07, 6.45) is 4.44. The average Bonchev–Trinajstić information content (AvgIpc) is 2.99. The van der Waals surface area contributed by atoms with Crippen LogP contribution in [0.2, 0.25) is 0 Å². The molecule has 2 unspecified atom stereocenters. The lowest BCUT2D eigenvalue weighted by Gasteiger charge is -2.12. The van der Waals surface area contributed by atoms with Gasteiger partial charge >= 0.3 is 12.0 Å². The van der Waals surface area contributed by atoms with Crippen molar-refractivity contribution in [3.05, 3.63) is 28.2 Å². The lowest BCUT2D eigenvalue weighted by atomic mass is 10.1. The number of hydrogen-bond donors (Lipinski definition) is 3. The Hall–Kier alpha value is -1.89.